The number of aliphatic hydroxyl groups excluding tert-OH is 1. The molecule has 7 N–H and O–H groups in total. The zero-order valence-electron chi connectivity index (χ0n) is 24.8. The van der Waals surface area contributed by atoms with E-state index in [-0.39, 0.29) is 42.4 Å². The molecule has 0 unspecified atom stereocenters. The van der Waals surface area contributed by atoms with Gasteiger partial charge in [-0.2, -0.15) is 0 Å². The third-order valence-electron chi connectivity index (χ3n) is 7.34. The van der Waals surface area contributed by atoms with E-state index in [1.165, 1.54) is 12.1 Å². The summed E-state index contributed by atoms with van der Waals surface area (Å²) in [5.74, 6) is 0.365. The first-order valence-corrected chi connectivity index (χ1v) is 14.7. The Hall–Kier alpha value is -5.65. The van der Waals surface area contributed by atoms with Crippen LogP contribution in [0.5, 0.6) is 11.5 Å². The Bertz CT molecular complexity index is 1890. The van der Waals surface area contributed by atoms with Gasteiger partial charge in [0.15, 0.2) is 0 Å². The number of aromatic hydroxyl groups is 1. The monoisotopic (exact) mass is 622 g/mol. The Morgan fingerprint density at radius 3 is 2.41 bits per heavy atom. The van der Waals surface area contributed by atoms with Gasteiger partial charge in [-0.25, -0.2) is 4.79 Å². The SMILES string of the molecule is O=C(O)NCc1cccc(-c2ccc(OCc3cccc(C(=O)NCCNC[C@H](O)c4ccc(O)c5[nH]c(=O)ccc45)c3)cc2)c1. The van der Waals surface area contributed by atoms with Crippen molar-refractivity contribution in [3.63, 3.8) is 0 Å². The van der Waals surface area contributed by atoms with Gasteiger partial charge in [0.05, 0.1) is 11.6 Å². The molecule has 0 spiro atoms. The summed E-state index contributed by atoms with van der Waals surface area (Å²) in [5, 5.41) is 38.5. The highest BCUT2D eigenvalue weighted by Crippen LogP contribution is 2.28. The predicted molar refractivity (Wildman–Crippen MR) is 174 cm³/mol. The van der Waals surface area contributed by atoms with Crippen molar-refractivity contribution in [2.75, 3.05) is 19.6 Å². The molecule has 0 saturated carbocycles. The zero-order valence-corrected chi connectivity index (χ0v) is 24.8. The number of amides is 2. The number of nitrogens with one attached hydrogen (secondary N) is 4. The summed E-state index contributed by atoms with van der Waals surface area (Å²) in [7, 11) is 0. The number of carbonyl (C=O) groups is 2. The smallest absolute Gasteiger partial charge is 0.404 e. The van der Waals surface area contributed by atoms with Crippen LogP contribution in [0, 0.1) is 0 Å². The molecule has 5 rings (SSSR count). The number of H-pyrrole nitrogens is 1. The largest absolute Gasteiger partial charge is 0.506 e. The van der Waals surface area contributed by atoms with Crippen LogP contribution in [-0.4, -0.2) is 51.9 Å². The number of fused-ring (bicyclic) bond motifs is 1. The molecule has 0 saturated heterocycles. The molecule has 11 heteroatoms. The number of carboxylic acid groups (broad SMARTS) is 1. The Balaban J connectivity index is 1.07. The lowest BCUT2D eigenvalue weighted by molar-refractivity contribution is 0.0953. The van der Waals surface area contributed by atoms with Crippen LogP contribution in [0.3, 0.4) is 0 Å². The van der Waals surface area contributed by atoms with E-state index in [1.54, 1.807) is 30.3 Å². The summed E-state index contributed by atoms with van der Waals surface area (Å²) in [6.45, 7) is 1.46. The topological polar surface area (TPSA) is 173 Å². The van der Waals surface area contributed by atoms with Gasteiger partial charge in [-0.05, 0) is 70.3 Å². The number of aromatic amines is 1. The van der Waals surface area contributed by atoms with Crippen molar-refractivity contribution in [1.82, 2.24) is 20.9 Å². The minimum Gasteiger partial charge on any atom is -0.506 e. The van der Waals surface area contributed by atoms with Crippen LogP contribution in [0.2, 0.25) is 0 Å². The summed E-state index contributed by atoms with van der Waals surface area (Å²) < 4.78 is 5.95. The molecule has 11 nitrogen and oxygen atoms in total. The number of carbonyl (C=O) groups excluding carboxylic acids is 1. The summed E-state index contributed by atoms with van der Waals surface area (Å²) in [5.41, 5.74) is 4.62. The van der Waals surface area contributed by atoms with Crippen LogP contribution in [0.1, 0.15) is 33.2 Å². The second-order valence-electron chi connectivity index (χ2n) is 10.6. The normalized spacial score (nSPS) is 11.6. The van der Waals surface area contributed by atoms with E-state index in [0.29, 0.717) is 35.4 Å². The van der Waals surface area contributed by atoms with Crippen LogP contribution in [0.25, 0.3) is 22.0 Å². The number of hydrogen-bond donors (Lipinski definition) is 7. The van der Waals surface area contributed by atoms with Crippen LogP contribution in [0.15, 0.2) is 102 Å². The van der Waals surface area contributed by atoms with Crippen LogP contribution >= 0.6 is 0 Å². The highest BCUT2D eigenvalue weighted by molar-refractivity contribution is 5.94. The van der Waals surface area contributed by atoms with Gasteiger partial charge >= 0.3 is 6.09 Å². The molecule has 1 atom stereocenters. The fourth-order valence-electron chi connectivity index (χ4n) is 5.02. The summed E-state index contributed by atoms with van der Waals surface area (Å²) in [4.78, 5) is 37.7. The van der Waals surface area contributed by atoms with Crippen molar-refractivity contribution in [3.05, 3.63) is 130 Å². The molecule has 0 fully saturated rings. The first kappa shape index (κ1) is 31.8. The van der Waals surface area contributed by atoms with Gasteiger partial charge in [0.1, 0.15) is 18.1 Å². The van der Waals surface area contributed by atoms with Crippen molar-refractivity contribution in [2.24, 2.45) is 0 Å². The van der Waals surface area contributed by atoms with Gasteiger partial charge in [0.25, 0.3) is 5.91 Å². The summed E-state index contributed by atoms with van der Waals surface area (Å²) in [6, 6.07) is 28.4. The van der Waals surface area contributed by atoms with Crippen molar-refractivity contribution < 1.29 is 29.6 Å². The average Bonchev–Trinajstić information content (AvgIpc) is 3.07. The first-order chi connectivity index (χ1) is 22.3. The van der Waals surface area contributed by atoms with Crippen molar-refractivity contribution >= 4 is 22.9 Å². The maximum absolute atomic E-state index is 12.8. The van der Waals surface area contributed by atoms with E-state index >= 15 is 0 Å². The van der Waals surface area contributed by atoms with Crippen molar-refractivity contribution in [1.29, 1.82) is 0 Å². The number of ether oxygens (including phenoxy) is 1. The third-order valence-corrected chi connectivity index (χ3v) is 7.34. The number of aromatic nitrogens is 1. The summed E-state index contributed by atoms with van der Waals surface area (Å²) >= 11 is 0. The molecule has 2 amide bonds. The molecular formula is C35H34N4O7. The number of pyridine rings is 1. The number of phenolic OH excluding ortho intramolecular Hbond substituents is 1. The van der Waals surface area contributed by atoms with Crippen LogP contribution in [0.4, 0.5) is 4.79 Å². The van der Waals surface area contributed by atoms with E-state index in [9.17, 15) is 24.6 Å². The second kappa shape index (κ2) is 14.9. The fourth-order valence-corrected chi connectivity index (χ4v) is 5.02. The number of rotatable bonds is 13. The molecule has 0 aliphatic rings. The van der Waals surface area contributed by atoms with Gasteiger partial charge < -0.3 is 41.0 Å². The van der Waals surface area contributed by atoms with Crippen LogP contribution < -0.4 is 26.2 Å². The lowest BCUT2D eigenvalue weighted by Gasteiger charge is -2.15. The fraction of sp³-hybridized carbons (Fsp3) is 0.171. The number of phenols is 1. The van der Waals surface area contributed by atoms with Gasteiger partial charge in [-0.15, -0.1) is 0 Å². The standard InChI is InChI=1S/C35H34N4O7/c40-30-13-11-28(29-12-14-32(42)39-33(29)30)31(41)20-36-15-16-37-34(43)26-6-2-4-23(18-26)21-46-27-9-7-24(8-10-27)25-5-1-3-22(17-25)19-38-35(44)45/h1-14,17-18,31,36,38,40-41H,15-16,19-21H2,(H,37,43)(H,39,42)(H,44,45)/t31-/m0/s1. The van der Waals surface area contributed by atoms with Crippen molar-refractivity contribution in [2.45, 2.75) is 19.3 Å². The molecule has 236 valence electrons. The van der Waals surface area contributed by atoms with E-state index in [0.717, 1.165) is 22.3 Å². The lowest BCUT2D eigenvalue weighted by Crippen LogP contribution is -2.33. The minimum atomic E-state index is -1.07. The predicted octanol–water partition coefficient (Wildman–Crippen LogP) is 4.30. The Labute approximate surface area is 264 Å². The molecule has 1 aromatic heterocycles. The molecular weight excluding hydrogens is 588 g/mol. The van der Waals surface area contributed by atoms with Gasteiger partial charge in [0, 0.05) is 43.2 Å². The number of aliphatic hydroxyl groups is 1. The van der Waals surface area contributed by atoms with Crippen molar-refractivity contribution in [3.8, 4) is 22.6 Å². The Kier molecular flexibility index (Phi) is 10.3. The van der Waals surface area contributed by atoms with E-state index in [1.807, 2.05) is 54.6 Å². The van der Waals surface area contributed by atoms with Gasteiger partial charge in [0.2, 0.25) is 5.56 Å². The first-order valence-electron chi connectivity index (χ1n) is 14.7. The van der Waals surface area contributed by atoms with Gasteiger partial charge in [-0.1, -0.05) is 48.5 Å². The van der Waals surface area contributed by atoms with E-state index < -0.39 is 12.2 Å². The molecule has 0 aliphatic heterocycles. The van der Waals surface area contributed by atoms with E-state index in [2.05, 4.69) is 20.9 Å². The van der Waals surface area contributed by atoms with Crippen LogP contribution in [-0.2, 0) is 13.2 Å². The molecule has 0 aliphatic carbocycles. The second-order valence-corrected chi connectivity index (χ2v) is 10.6. The highest BCUT2D eigenvalue weighted by Gasteiger charge is 2.14. The number of hydrogen-bond acceptors (Lipinski definition) is 7. The maximum Gasteiger partial charge on any atom is 0.404 e. The Morgan fingerprint density at radius 2 is 1.61 bits per heavy atom. The lowest BCUT2D eigenvalue weighted by atomic mass is 10.0. The zero-order chi connectivity index (χ0) is 32.5. The number of benzene rings is 4. The Morgan fingerprint density at radius 1 is 0.826 bits per heavy atom. The highest BCUT2D eigenvalue weighted by atomic mass is 16.5. The maximum atomic E-state index is 12.8. The quantitative estimate of drug-likeness (QED) is 0.0952. The molecule has 0 radical (unpaired) electrons. The molecule has 46 heavy (non-hydrogen) atoms. The minimum absolute atomic E-state index is 0.0716. The molecule has 1 heterocycles. The van der Waals surface area contributed by atoms with E-state index in [4.69, 9.17) is 9.84 Å². The molecule has 5 aromatic rings. The third kappa shape index (κ3) is 8.29. The average molecular weight is 623 g/mol. The molecule has 0 bridgehead atoms. The summed E-state index contributed by atoms with van der Waals surface area (Å²) in [6.07, 6.45) is -1.96. The molecule has 4 aromatic carbocycles. The van der Waals surface area contributed by atoms with Gasteiger partial charge in [-0.3, -0.25) is 9.59 Å².